The van der Waals surface area contributed by atoms with E-state index in [-0.39, 0.29) is 18.0 Å². The maximum atomic E-state index is 12.4. The Balaban J connectivity index is 1.38. The summed E-state index contributed by atoms with van der Waals surface area (Å²) in [6, 6.07) is 8.20. The quantitative estimate of drug-likeness (QED) is 0.715. The number of nitrogens with one attached hydrogen (secondary N) is 2. The van der Waals surface area contributed by atoms with Gasteiger partial charge in [-0.25, -0.2) is 4.79 Å². The summed E-state index contributed by atoms with van der Waals surface area (Å²) in [6.45, 7) is 2.18. The molecule has 6 heteroatoms. The van der Waals surface area contributed by atoms with Crippen LogP contribution in [-0.2, 0) is 17.8 Å². The monoisotopic (exact) mass is 372 g/mol. The third kappa shape index (κ3) is 5.45. The number of hydrogen-bond donors (Lipinski definition) is 3. The lowest BCUT2D eigenvalue weighted by molar-refractivity contribution is -0.122. The van der Waals surface area contributed by atoms with E-state index in [1.165, 1.54) is 30.4 Å². The van der Waals surface area contributed by atoms with Crippen molar-refractivity contribution in [1.82, 2.24) is 15.5 Å². The van der Waals surface area contributed by atoms with E-state index in [4.69, 9.17) is 5.73 Å². The zero-order valence-corrected chi connectivity index (χ0v) is 16.1. The Hall–Kier alpha value is -2.08. The Morgan fingerprint density at radius 3 is 2.63 bits per heavy atom. The van der Waals surface area contributed by atoms with Crippen molar-refractivity contribution in [3.8, 4) is 0 Å². The van der Waals surface area contributed by atoms with Crippen molar-refractivity contribution in [3.05, 3.63) is 35.4 Å². The van der Waals surface area contributed by atoms with Gasteiger partial charge in [0.05, 0.1) is 0 Å². The number of rotatable bonds is 6. The second-order valence-electron chi connectivity index (χ2n) is 7.73. The Bertz CT molecular complexity index is 643. The fourth-order valence-corrected chi connectivity index (χ4v) is 4.25. The minimum Gasteiger partial charge on any atom is -0.352 e. The highest BCUT2D eigenvalue weighted by atomic mass is 16.2. The van der Waals surface area contributed by atoms with Crippen LogP contribution in [0.3, 0.4) is 0 Å². The number of amides is 3. The third-order valence-corrected chi connectivity index (χ3v) is 5.87. The lowest BCUT2D eigenvalue weighted by Gasteiger charge is -2.30. The summed E-state index contributed by atoms with van der Waals surface area (Å²) in [7, 11) is 0. The highest BCUT2D eigenvalue weighted by Gasteiger charge is 2.24. The van der Waals surface area contributed by atoms with Gasteiger partial charge >= 0.3 is 6.03 Å². The van der Waals surface area contributed by atoms with Gasteiger partial charge < -0.3 is 21.3 Å². The summed E-state index contributed by atoms with van der Waals surface area (Å²) in [5.74, 6) is 0.469. The molecule has 1 aliphatic heterocycles. The van der Waals surface area contributed by atoms with Gasteiger partial charge in [0.25, 0.3) is 0 Å². The second-order valence-corrected chi connectivity index (χ2v) is 7.73. The van der Waals surface area contributed by atoms with Crippen molar-refractivity contribution in [2.45, 2.75) is 57.5 Å². The number of nitrogens with two attached hydrogens (primary N) is 1. The summed E-state index contributed by atoms with van der Waals surface area (Å²) >= 11 is 0. The molecule has 3 rings (SSSR count). The van der Waals surface area contributed by atoms with E-state index in [0.29, 0.717) is 38.5 Å². The number of carbonyl (C=O) groups is 2. The average molecular weight is 373 g/mol. The standard InChI is InChI=1S/C21H32N4O2/c22-14-19(17-7-2-1-3-8-17)24-20(26)10-12-23-21(27)25-13-11-16-6-4-5-9-18(16)15-25/h4-6,9,17,19H,1-3,7-8,10-15,22H2,(H,23,27)(H,24,26). The molecule has 148 valence electrons. The maximum absolute atomic E-state index is 12.4. The lowest BCUT2D eigenvalue weighted by Crippen LogP contribution is -2.47. The van der Waals surface area contributed by atoms with Crippen LogP contribution in [0.15, 0.2) is 24.3 Å². The van der Waals surface area contributed by atoms with Crippen LogP contribution in [0.25, 0.3) is 0 Å². The van der Waals surface area contributed by atoms with E-state index in [1.807, 2.05) is 17.0 Å². The molecule has 1 saturated carbocycles. The number of benzene rings is 1. The Morgan fingerprint density at radius 2 is 1.89 bits per heavy atom. The van der Waals surface area contributed by atoms with Crippen LogP contribution in [0.1, 0.15) is 49.7 Å². The fraction of sp³-hybridized carbons (Fsp3) is 0.619. The van der Waals surface area contributed by atoms with Crippen molar-refractivity contribution < 1.29 is 9.59 Å². The van der Waals surface area contributed by atoms with Gasteiger partial charge in [0.1, 0.15) is 0 Å². The number of hydrogen-bond acceptors (Lipinski definition) is 3. The molecule has 2 aliphatic rings. The summed E-state index contributed by atoms with van der Waals surface area (Å²) in [4.78, 5) is 26.4. The van der Waals surface area contributed by atoms with Gasteiger partial charge in [-0.2, -0.15) is 0 Å². The van der Waals surface area contributed by atoms with Crippen molar-refractivity contribution in [3.63, 3.8) is 0 Å². The van der Waals surface area contributed by atoms with Gasteiger partial charge in [-0.15, -0.1) is 0 Å². The normalized spacial score (nSPS) is 18.5. The SMILES string of the molecule is NCC(NC(=O)CCNC(=O)N1CCc2ccccc2C1)C1CCCCC1. The molecule has 1 aliphatic carbocycles. The number of urea groups is 1. The topological polar surface area (TPSA) is 87.5 Å². The van der Waals surface area contributed by atoms with Crippen LogP contribution in [0.2, 0.25) is 0 Å². The zero-order chi connectivity index (χ0) is 19.1. The molecule has 0 radical (unpaired) electrons. The molecular formula is C21H32N4O2. The van der Waals surface area contributed by atoms with Crippen LogP contribution in [0, 0.1) is 5.92 Å². The van der Waals surface area contributed by atoms with E-state index in [2.05, 4.69) is 22.8 Å². The van der Waals surface area contributed by atoms with Crippen LogP contribution < -0.4 is 16.4 Å². The molecular weight excluding hydrogens is 340 g/mol. The lowest BCUT2D eigenvalue weighted by atomic mass is 9.84. The van der Waals surface area contributed by atoms with Gasteiger partial charge in [0, 0.05) is 38.6 Å². The smallest absolute Gasteiger partial charge is 0.317 e. The number of nitrogens with zero attached hydrogens (tertiary/aromatic N) is 1. The molecule has 0 aromatic heterocycles. The van der Waals surface area contributed by atoms with E-state index in [0.717, 1.165) is 19.3 Å². The van der Waals surface area contributed by atoms with Crippen molar-refractivity contribution in [2.24, 2.45) is 11.7 Å². The molecule has 1 fully saturated rings. The fourth-order valence-electron chi connectivity index (χ4n) is 4.25. The van der Waals surface area contributed by atoms with Gasteiger partial charge in [-0.3, -0.25) is 4.79 Å². The first kappa shape index (κ1) is 19.7. The van der Waals surface area contributed by atoms with Gasteiger partial charge in [0.2, 0.25) is 5.91 Å². The van der Waals surface area contributed by atoms with Gasteiger partial charge in [-0.1, -0.05) is 43.5 Å². The maximum Gasteiger partial charge on any atom is 0.317 e. The summed E-state index contributed by atoms with van der Waals surface area (Å²) in [6.07, 6.45) is 7.21. The molecule has 0 saturated heterocycles. The van der Waals surface area contributed by atoms with E-state index >= 15 is 0 Å². The van der Waals surface area contributed by atoms with Crippen molar-refractivity contribution in [1.29, 1.82) is 0 Å². The molecule has 1 aromatic carbocycles. The Morgan fingerprint density at radius 1 is 1.15 bits per heavy atom. The van der Waals surface area contributed by atoms with Crippen LogP contribution in [-0.4, -0.2) is 42.5 Å². The highest BCUT2D eigenvalue weighted by molar-refractivity contribution is 5.78. The first-order valence-electron chi connectivity index (χ1n) is 10.3. The number of carbonyl (C=O) groups excluding carboxylic acids is 2. The Labute approximate surface area is 161 Å². The van der Waals surface area contributed by atoms with Crippen LogP contribution in [0.5, 0.6) is 0 Å². The third-order valence-electron chi connectivity index (χ3n) is 5.87. The first-order chi connectivity index (χ1) is 13.2. The molecule has 0 spiro atoms. The highest BCUT2D eigenvalue weighted by Crippen LogP contribution is 2.26. The second kappa shape index (κ2) is 9.74. The van der Waals surface area contributed by atoms with E-state index in [1.54, 1.807) is 0 Å². The predicted molar refractivity (Wildman–Crippen MR) is 106 cm³/mol. The molecule has 6 nitrogen and oxygen atoms in total. The largest absolute Gasteiger partial charge is 0.352 e. The summed E-state index contributed by atoms with van der Waals surface area (Å²) in [5, 5.41) is 5.95. The molecule has 4 N–H and O–H groups in total. The minimum atomic E-state index is -0.0973. The molecule has 3 amide bonds. The van der Waals surface area contributed by atoms with Crippen LogP contribution >= 0.6 is 0 Å². The molecule has 1 aromatic rings. The predicted octanol–water partition coefficient (Wildman–Crippen LogP) is 2.17. The van der Waals surface area contributed by atoms with Crippen molar-refractivity contribution in [2.75, 3.05) is 19.6 Å². The molecule has 1 heterocycles. The molecule has 1 unspecified atom stereocenters. The van der Waals surface area contributed by atoms with Gasteiger partial charge in [0.15, 0.2) is 0 Å². The molecule has 1 atom stereocenters. The summed E-state index contributed by atoms with van der Waals surface area (Å²) < 4.78 is 0. The summed E-state index contributed by atoms with van der Waals surface area (Å²) in [5.41, 5.74) is 8.39. The van der Waals surface area contributed by atoms with Crippen molar-refractivity contribution >= 4 is 11.9 Å². The minimum absolute atomic E-state index is 0.0275. The van der Waals surface area contributed by atoms with Gasteiger partial charge in [-0.05, 0) is 36.3 Å². The Kier molecular flexibility index (Phi) is 7.10. The first-order valence-corrected chi connectivity index (χ1v) is 10.3. The average Bonchev–Trinajstić information content (AvgIpc) is 2.72. The molecule has 0 bridgehead atoms. The number of fused-ring (bicyclic) bond motifs is 1. The van der Waals surface area contributed by atoms with E-state index < -0.39 is 0 Å². The molecule has 27 heavy (non-hydrogen) atoms. The zero-order valence-electron chi connectivity index (χ0n) is 16.1. The van der Waals surface area contributed by atoms with Crippen LogP contribution in [0.4, 0.5) is 4.79 Å². The van der Waals surface area contributed by atoms with E-state index in [9.17, 15) is 9.59 Å².